The molecule has 0 aliphatic heterocycles. The molecule has 2 aromatic carbocycles. The maximum Gasteiger partial charge on any atom is 0.123 e. The molecule has 3 aromatic rings. The molecule has 3 heteroatoms. The van der Waals surface area contributed by atoms with Crippen molar-refractivity contribution in [1.29, 1.82) is 0 Å². The van der Waals surface area contributed by atoms with E-state index in [1.807, 2.05) is 18.2 Å². The number of benzene rings is 2. The zero-order valence-electron chi connectivity index (χ0n) is 15.0. The van der Waals surface area contributed by atoms with Crippen molar-refractivity contribution in [1.82, 2.24) is 4.98 Å². The average Bonchev–Trinajstić information content (AvgIpc) is 3.02. The molecule has 0 bridgehead atoms. The lowest BCUT2D eigenvalue weighted by atomic mass is 9.80. The van der Waals surface area contributed by atoms with Gasteiger partial charge in [-0.25, -0.2) is 8.78 Å². The number of fused-ring (bicyclic) bond motifs is 1. The molecule has 4 rings (SSSR count). The zero-order valence-corrected chi connectivity index (χ0v) is 15.0. The summed E-state index contributed by atoms with van der Waals surface area (Å²) < 4.78 is 26.7. The third-order valence-electron chi connectivity index (χ3n) is 5.76. The molecule has 1 nitrogen and oxygen atoms in total. The Morgan fingerprint density at radius 3 is 2.46 bits per heavy atom. The minimum Gasteiger partial charge on any atom is -0.358 e. The van der Waals surface area contributed by atoms with Gasteiger partial charge in [-0.1, -0.05) is 37.8 Å². The fourth-order valence-corrected chi connectivity index (χ4v) is 4.41. The Balaban J connectivity index is 1.54. The van der Waals surface area contributed by atoms with Gasteiger partial charge in [0.25, 0.3) is 0 Å². The first-order valence-electron chi connectivity index (χ1n) is 9.70. The number of nitrogens with one attached hydrogen (secondary N) is 1. The summed E-state index contributed by atoms with van der Waals surface area (Å²) in [6, 6.07) is 14.0. The Bertz CT molecular complexity index is 866. The first-order chi connectivity index (χ1) is 12.7. The second-order valence-corrected chi connectivity index (χ2v) is 7.72. The zero-order chi connectivity index (χ0) is 17.9. The summed E-state index contributed by atoms with van der Waals surface area (Å²) in [5, 5.41) is 0.956. The first-order valence-corrected chi connectivity index (χ1v) is 9.70. The molecule has 0 saturated heterocycles. The molecule has 1 saturated carbocycles. The van der Waals surface area contributed by atoms with Crippen molar-refractivity contribution in [3.8, 4) is 0 Å². The van der Waals surface area contributed by atoms with Crippen molar-refractivity contribution in [3.63, 3.8) is 0 Å². The van der Waals surface area contributed by atoms with Crippen LogP contribution < -0.4 is 0 Å². The summed E-state index contributed by atoms with van der Waals surface area (Å²) in [4.78, 5) is 3.52. The molecule has 1 aliphatic carbocycles. The highest BCUT2D eigenvalue weighted by Crippen LogP contribution is 2.36. The molecule has 26 heavy (non-hydrogen) atoms. The van der Waals surface area contributed by atoms with Crippen molar-refractivity contribution in [2.24, 2.45) is 5.92 Å². The van der Waals surface area contributed by atoms with Crippen LogP contribution in [0.1, 0.15) is 55.7 Å². The Kier molecular flexibility index (Phi) is 5.05. The molecule has 0 radical (unpaired) electrons. The normalized spacial score (nSPS) is 21.5. The average molecular weight is 353 g/mol. The highest BCUT2D eigenvalue weighted by molar-refractivity contribution is 5.80. The van der Waals surface area contributed by atoms with E-state index in [1.54, 1.807) is 18.2 Å². The van der Waals surface area contributed by atoms with Gasteiger partial charge in [0.1, 0.15) is 11.6 Å². The van der Waals surface area contributed by atoms with Crippen LogP contribution in [0.2, 0.25) is 0 Å². The number of halogens is 2. The summed E-state index contributed by atoms with van der Waals surface area (Å²) in [6.45, 7) is 0. The van der Waals surface area contributed by atoms with Gasteiger partial charge in [-0.2, -0.15) is 0 Å². The van der Waals surface area contributed by atoms with Gasteiger partial charge in [0.15, 0.2) is 0 Å². The topological polar surface area (TPSA) is 15.8 Å². The van der Waals surface area contributed by atoms with Crippen LogP contribution in [-0.4, -0.2) is 4.98 Å². The summed E-state index contributed by atoms with van der Waals surface area (Å²) in [7, 11) is 0. The Hall–Kier alpha value is -2.16. The number of aromatic amines is 1. The van der Waals surface area contributed by atoms with Crippen LogP contribution in [0.5, 0.6) is 0 Å². The lowest BCUT2D eigenvalue weighted by molar-refractivity contribution is 0.343. The van der Waals surface area contributed by atoms with E-state index in [-0.39, 0.29) is 11.6 Å². The highest BCUT2D eigenvalue weighted by Gasteiger charge is 2.22. The van der Waals surface area contributed by atoms with E-state index in [4.69, 9.17) is 0 Å². The van der Waals surface area contributed by atoms with E-state index >= 15 is 0 Å². The summed E-state index contributed by atoms with van der Waals surface area (Å²) in [6.07, 6.45) is 8.33. The Labute approximate surface area is 153 Å². The fourth-order valence-electron chi connectivity index (χ4n) is 4.41. The molecule has 2 atom stereocenters. The van der Waals surface area contributed by atoms with Crippen LogP contribution in [0.4, 0.5) is 8.78 Å². The molecule has 1 aliphatic rings. The number of hydrogen-bond donors (Lipinski definition) is 1. The van der Waals surface area contributed by atoms with E-state index in [2.05, 4.69) is 11.1 Å². The molecule has 136 valence electrons. The van der Waals surface area contributed by atoms with Crippen LogP contribution >= 0.6 is 0 Å². The van der Waals surface area contributed by atoms with Crippen molar-refractivity contribution in [2.75, 3.05) is 0 Å². The van der Waals surface area contributed by atoms with Crippen LogP contribution in [0.25, 0.3) is 10.9 Å². The molecule has 1 fully saturated rings. The minimum absolute atomic E-state index is 0.172. The molecule has 2 unspecified atom stereocenters. The lowest BCUT2D eigenvalue weighted by Gasteiger charge is -2.26. The van der Waals surface area contributed by atoms with E-state index in [0.717, 1.165) is 23.7 Å². The third-order valence-corrected chi connectivity index (χ3v) is 5.76. The van der Waals surface area contributed by atoms with E-state index in [1.165, 1.54) is 49.4 Å². The van der Waals surface area contributed by atoms with Crippen LogP contribution in [0.15, 0.2) is 48.5 Å². The number of aromatic nitrogens is 1. The Morgan fingerprint density at radius 2 is 1.62 bits per heavy atom. The van der Waals surface area contributed by atoms with Crippen molar-refractivity contribution >= 4 is 10.9 Å². The maximum absolute atomic E-state index is 13.5. The second kappa shape index (κ2) is 7.61. The van der Waals surface area contributed by atoms with Gasteiger partial charge in [0.2, 0.25) is 0 Å². The lowest BCUT2D eigenvalue weighted by Crippen LogP contribution is -2.13. The quantitative estimate of drug-likeness (QED) is 0.536. The molecule has 0 spiro atoms. The van der Waals surface area contributed by atoms with E-state index < -0.39 is 0 Å². The summed E-state index contributed by atoms with van der Waals surface area (Å²) in [5.74, 6) is 0.731. The second-order valence-electron chi connectivity index (χ2n) is 7.72. The Morgan fingerprint density at radius 1 is 0.846 bits per heavy atom. The first kappa shape index (κ1) is 17.3. The smallest absolute Gasteiger partial charge is 0.123 e. The SMILES string of the molecule is Fc1ccc(CC2CCCCCC(c3cc4cc(F)ccc4[nH]3)C2)cc1. The monoisotopic (exact) mass is 353 g/mol. The molecule has 1 N–H and O–H groups in total. The summed E-state index contributed by atoms with van der Waals surface area (Å²) in [5.41, 5.74) is 3.46. The van der Waals surface area contributed by atoms with Crippen LogP contribution in [0, 0.1) is 17.6 Å². The third kappa shape index (κ3) is 3.98. The molecule has 1 aromatic heterocycles. The molecule has 0 amide bonds. The van der Waals surface area contributed by atoms with Gasteiger partial charge in [0, 0.05) is 16.6 Å². The van der Waals surface area contributed by atoms with Gasteiger partial charge < -0.3 is 4.98 Å². The fraction of sp³-hybridized carbons (Fsp3) is 0.391. The number of hydrogen-bond acceptors (Lipinski definition) is 0. The minimum atomic E-state index is -0.185. The van der Waals surface area contributed by atoms with Gasteiger partial charge in [-0.15, -0.1) is 0 Å². The van der Waals surface area contributed by atoms with Crippen LogP contribution in [0.3, 0.4) is 0 Å². The molecular weight excluding hydrogens is 328 g/mol. The molecule has 1 heterocycles. The van der Waals surface area contributed by atoms with Gasteiger partial charge in [-0.3, -0.25) is 0 Å². The highest BCUT2D eigenvalue weighted by atomic mass is 19.1. The van der Waals surface area contributed by atoms with E-state index in [0.29, 0.717) is 11.8 Å². The number of rotatable bonds is 3. The largest absolute Gasteiger partial charge is 0.358 e. The number of H-pyrrole nitrogens is 1. The van der Waals surface area contributed by atoms with Gasteiger partial charge in [-0.05, 0) is 73.1 Å². The summed E-state index contributed by atoms with van der Waals surface area (Å²) >= 11 is 0. The van der Waals surface area contributed by atoms with Crippen molar-refractivity contribution in [3.05, 3.63) is 71.4 Å². The predicted molar refractivity (Wildman–Crippen MR) is 102 cm³/mol. The predicted octanol–water partition coefficient (Wildman–Crippen LogP) is 6.74. The van der Waals surface area contributed by atoms with Gasteiger partial charge >= 0.3 is 0 Å². The molecular formula is C23H25F2N. The van der Waals surface area contributed by atoms with Gasteiger partial charge in [0.05, 0.1) is 0 Å². The van der Waals surface area contributed by atoms with Crippen molar-refractivity contribution in [2.45, 2.75) is 50.9 Å². The van der Waals surface area contributed by atoms with Crippen LogP contribution in [-0.2, 0) is 6.42 Å². The van der Waals surface area contributed by atoms with E-state index in [9.17, 15) is 8.78 Å². The standard InChI is InChI=1S/C23H25F2N/c24-20-8-6-16(7-9-20)12-17-4-2-1-3-5-18(13-17)23-15-19-14-21(25)10-11-22(19)26-23/h6-11,14-15,17-18,26H,1-5,12-13H2. The van der Waals surface area contributed by atoms with Crippen molar-refractivity contribution < 1.29 is 8.78 Å². The maximum atomic E-state index is 13.5.